The van der Waals surface area contributed by atoms with Gasteiger partial charge in [0, 0.05) is 38.5 Å². The number of nitrogens with one attached hydrogen (secondary N) is 1. The first kappa shape index (κ1) is 24.9. The molecule has 180 valence electrons. The molecule has 1 unspecified atom stereocenters. The molecule has 2 N–H and O–H groups in total. The molecule has 0 radical (unpaired) electrons. The van der Waals surface area contributed by atoms with E-state index in [2.05, 4.69) is 51.2 Å². The van der Waals surface area contributed by atoms with Gasteiger partial charge in [0.05, 0.1) is 13.2 Å². The van der Waals surface area contributed by atoms with Crippen LogP contribution < -0.4 is 14.8 Å². The number of hydrogen-bond acceptors (Lipinski definition) is 5. The zero-order chi connectivity index (χ0) is 24.0. The number of amides is 1. The second kappa shape index (κ2) is 11.4. The van der Waals surface area contributed by atoms with Gasteiger partial charge in [-0.05, 0) is 54.2 Å². The van der Waals surface area contributed by atoms with E-state index in [9.17, 15) is 9.90 Å². The molecule has 0 saturated heterocycles. The molecule has 0 saturated carbocycles. The van der Waals surface area contributed by atoms with Crippen molar-refractivity contribution in [3.05, 3.63) is 52.6 Å². The molecular weight excluding hydrogens is 416 g/mol. The Labute approximate surface area is 197 Å². The van der Waals surface area contributed by atoms with Crippen LogP contribution in [-0.4, -0.2) is 42.2 Å². The van der Waals surface area contributed by atoms with Crippen molar-refractivity contribution < 1.29 is 19.4 Å². The molecule has 1 heterocycles. The predicted molar refractivity (Wildman–Crippen MR) is 131 cm³/mol. The fraction of sp³-hybridized carbons (Fsp3) is 0.519. The topological polar surface area (TPSA) is 71.0 Å². The highest BCUT2D eigenvalue weighted by atomic mass is 16.5. The summed E-state index contributed by atoms with van der Waals surface area (Å²) in [5, 5.41) is 13.9. The van der Waals surface area contributed by atoms with Gasteiger partial charge in [0.15, 0.2) is 11.5 Å². The van der Waals surface area contributed by atoms with Crippen LogP contribution in [0.2, 0.25) is 0 Å². The number of aryl methyl sites for hydroxylation is 1. The molecule has 2 aromatic carbocycles. The monoisotopic (exact) mass is 454 g/mol. The zero-order valence-corrected chi connectivity index (χ0v) is 20.6. The molecule has 0 fully saturated rings. The van der Waals surface area contributed by atoms with Crippen molar-refractivity contribution in [2.24, 2.45) is 11.8 Å². The van der Waals surface area contributed by atoms with Gasteiger partial charge in [0.1, 0.15) is 0 Å². The summed E-state index contributed by atoms with van der Waals surface area (Å²) in [7, 11) is 0. The van der Waals surface area contributed by atoms with E-state index in [1.54, 1.807) is 6.07 Å². The van der Waals surface area contributed by atoms with Crippen LogP contribution >= 0.6 is 0 Å². The molecular formula is C27H38N2O4. The van der Waals surface area contributed by atoms with Crippen molar-refractivity contribution in [3.63, 3.8) is 0 Å². The average molecular weight is 455 g/mol. The van der Waals surface area contributed by atoms with E-state index < -0.39 is 0 Å². The van der Waals surface area contributed by atoms with Crippen molar-refractivity contribution in [1.29, 1.82) is 0 Å². The third kappa shape index (κ3) is 6.64. The first-order chi connectivity index (χ1) is 15.8. The van der Waals surface area contributed by atoms with Gasteiger partial charge < -0.3 is 24.8 Å². The summed E-state index contributed by atoms with van der Waals surface area (Å²) < 4.78 is 11.4. The molecule has 0 spiro atoms. The molecule has 1 atom stereocenters. The Bertz CT molecular complexity index is 957. The summed E-state index contributed by atoms with van der Waals surface area (Å²) in [6.45, 7) is 13.9. The Balaban J connectivity index is 1.66. The number of aromatic hydroxyl groups is 1. The normalized spacial score (nSPS) is 14.1. The molecule has 6 heteroatoms. The summed E-state index contributed by atoms with van der Waals surface area (Å²) in [5.74, 6) is 1.26. The first-order valence-corrected chi connectivity index (χ1v) is 11.9. The minimum absolute atomic E-state index is 0.0598. The lowest BCUT2D eigenvalue weighted by molar-refractivity contribution is -0.136. The van der Waals surface area contributed by atoms with E-state index in [-0.39, 0.29) is 17.6 Å². The van der Waals surface area contributed by atoms with Crippen LogP contribution in [0.5, 0.6) is 17.2 Å². The highest BCUT2D eigenvalue weighted by Gasteiger charge is 2.23. The van der Waals surface area contributed by atoms with Crippen LogP contribution in [-0.2, 0) is 17.9 Å². The van der Waals surface area contributed by atoms with Crippen LogP contribution in [0.15, 0.2) is 30.3 Å². The van der Waals surface area contributed by atoms with Crippen molar-refractivity contribution in [2.75, 3.05) is 26.3 Å². The second-order valence-corrected chi connectivity index (χ2v) is 9.50. The van der Waals surface area contributed by atoms with Crippen LogP contribution in [0.1, 0.15) is 49.4 Å². The Kier molecular flexibility index (Phi) is 8.61. The maximum atomic E-state index is 13.3. The molecule has 0 bridgehead atoms. The van der Waals surface area contributed by atoms with Gasteiger partial charge in [-0.3, -0.25) is 4.79 Å². The van der Waals surface area contributed by atoms with Gasteiger partial charge >= 0.3 is 0 Å². The van der Waals surface area contributed by atoms with Crippen molar-refractivity contribution in [2.45, 2.75) is 54.1 Å². The van der Waals surface area contributed by atoms with Crippen molar-refractivity contribution >= 4 is 5.91 Å². The van der Waals surface area contributed by atoms with E-state index in [0.29, 0.717) is 50.3 Å². The summed E-state index contributed by atoms with van der Waals surface area (Å²) in [6, 6.07) is 9.88. The van der Waals surface area contributed by atoms with Gasteiger partial charge in [0.2, 0.25) is 11.7 Å². The molecule has 33 heavy (non-hydrogen) atoms. The maximum absolute atomic E-state index is 13.3. The molecule has 0 aromatic heterocycles. The second-order valence-electron chi connectivity index (χ2n) is 9.50. The van der Waals surface area contributed by atoms with Crippen molar-refractivity contribution in [3.8, 4) is 17.2 Å². The fourth-order valence-electron chi connectivity index (χ4n) is 4.12. The van der Waals surface area contributed by atoms with E-state index in [1.165, 1.54) is 16.7 Å². The van der Waals surface area contributed by atoms with E-state index in [4.69, 9.17) is 9.47 Å². The Morgan fingerprint density at radius 1 is 1.15 bits per heavy atom. The third-order valence-corrected chi connectivity index (χ3v) is 6.06. The maximum Gasteiger partial charge on any atom is 0.226 e. The fourth-order valence-corrected chi connectivity index (χ4v) is 4.12. The van der Waals surface area contributed by atoms with Crippen LogP contribution in [0.25, 0.3) is 0 Å². The van der Waals surface area contributed by atoms with Gasteiger partial charge in [-0.15, -0.1) is 0 Å². The number of phenols is 1. The van der Waals surface area contributed by atoms with Gasteiger partial charge in [0.25, 0.3) is 0 Å². The van der Waals surface area contributed by atoms with E-state index in [1.807, 2.05) is 17.9 Å². The Morgan fingerprint density at radius 3 is 2.67 bits per heavy atom. The van der Waals surface area contributed by atoms with Crippen LogP contribution in [0.4, 0.5) is 0 Å². The number of ether oxygens (including phenoxy) is 2. The van der Waals surface area contributed by atoms with Crippen LogP contribution in [0, 0.1) is 25.7 Å². The average Bonchev–Trinajstić information content (AvgIpc) is 3.01. The number of hydrogen-bond donors (Lipinski definition) is 2. The summed E-state index contributed by atoms with van der Waals surface area (Å²) in [4.78, 5) is 15.2. The Hall–Kier alpha value is -2.73. The van der Waals surface area contributed by atoms with Gasteiger partial charge in [-0.2, -0.15) is 0 Å². The summed E-state index contributed by atoms with van der Waals surface area (Å²) in [5.41, 5.74) is 4.66. The number of rotatable bonds is 9. The highest BCUT2D eigenvalue weighted by Crippen LogP contribution is 2.39. The molecule has 6 nitrogen and oxygen atoms in total. The first-order valence-electron chi connectivity index (χ1n) is 11.9. The zero-order valence-electron chi connectivity index (χ0n) is 20.6. The lowest BCUT2D eigenvalue weighted by atomic mass is 10.0. The standard InChI is InChI=1S/C27H38N2O4/c1-18(2)16-29(17-22-12-24(30)26-25(13-22)32-10-7-11-33-26)27(31)20(4)14-28-15-23-9-6-8-19(3)21(23)5/h6,8-9,12-13,18,20,28,30H,7,10-11,14-17H2,1-5H3. The highest BCUT2D eigenvalue weighted by molar-refractivity contribution is 5.78. The largest absolute Gasteiger partial charge is 0.504 e. The molecule has 1 amide bonds. The molecule has 1 aliphatic rings. The van der Waals surface area contributed by atoms with E-state index >= 15 is 0 Å². The number of nitrogens with zero attached hydrogens (tertiary/aromatic N) is 1. The number of carbonyl (C=O) groups is 1. The number of fused-ring (bicyclic) bond motifs is 1. The number of carbonyl (C=O) groups excluding carboxylic acids is 1. The minimum atomic E-state index is -0.164. The van der Waals surface area contributed by atoms with Gasteiger partial charge in [-0.25, -0.2) is 0 Å². The summed E-state index contributed by atoms with van der Waals surface area (Å²) >= 11 is 0. The number of phenolic OH excluding ortho intramolecular Hbond substituents is 1. The van der Waals surface area contributed by atoms with Crippen LogP contribution in [0.3, 0.4) is 0 Å². The van der Waals surface area contributed by atoms with E-state index in [0.717, 1.165) is 18.5 Å². The Morgan fingerprint density at radius 2 is 1.91 bits per heavy atom. The SMILES string of the molecule is Cc1cccc(CNCC(C)C(=O)N(Cc2cc(O)c3c(c2)OCCCO3)CC(C)C)c1C. The summed E-state index contributed by atoms with van der Waals surface area (Å²) in [6.07, 6.45) is 0.772. The molecule has 3 rings (SSSR count). The third-order valence-electron chi connectivity index (χ3n) is 6.06. The smallest absolute Gasteiger partial charge is 0.226 e. The lowest BCUT2D eigenvalue weighted by Gasteiger charge is -2.28. The quantitative estimate of drug-likeness (QED) is 0.580. The lowest BCUT2D eigenvalue weighted by Crippen LogP contribution is -2.40. The molecule has 2 aromatic rings. The molecule has 1 aliphatic heterocycles. The predicted octanol–water partition coefficient (Wildman–Crippen LogP) is 4.58. The molecule has 0 aliphatic carbocycles. The number of benzene rings is 2. The minimum Gasteiger partial charge on any atom is -0.504 e. The van der Waals surface area contributed by atoms with Crippen molar-refractivity contribution in [1.82, 2.24) is 10.2 Å². The van der Waals surface area contributed by atoms with Gasteiger partial charge in [-0.1, -0.05) is 39.0 Å².